The summed E-state index contributed by atoms with van der Waals surface area (Å²) in [6.45, 7) is 6.67. The van der Waals surface area contributed by atoms with Gasteiger partial charge in [-0.2, -0.15) is 0 Å². The molecule has 0 aromatic heterocycles. The molecule has 0 N–H and O–H groups in total. The molecule has 1 amide bonds. The molecule has 0 radical (unpaired) electrons. The summed E-state index contributed by atoms with van der Waals surface area (Å²) in [7, 11) is 0. The van der Waals surface area contributed by atoms with Crippen LogP contribution in [0.3, 0.4) is 0 Å². The molecule has 3 rings (SSSR count). The summed E-state index contributed by atoms with van der Waals surface area (Å²) in [4.78, 5) is 17.6. The molecule has 2 unspecified atom stereocenters. The maximum atomic E-state index is 15.1. The van der Waals surface area contributed by atoms with E-state index in [0.29, 0.717) is 39.0 Å². The van der Waals surface area contributed by atoms with E-state index in [1.165, 1.54) is 10.5 Å². The summed E-state index contributed by atoms with van der Waals surface area (Å²) in [5.74, 6) is 0. The molecule has 5 nitrogen and oxygen atoms in total. The first-order chi connectivity index (χ1) is 14.0. The lowest BCUT2D eigenvalue weighted by Gasteiger charge is -2.40. The lowest BCUT2D eigenvalue weighted by molar-refractivity contribution is -0.00478. The summed E-state index contributed by atoms with van der Waals surface area (Å²) >= 11 is 0. The number of rotatable bonds is 3. The summed E-state index contributed by atoms with van der Waals surface area (Å²) < 4.78 is 37.6. The average molecular weight is 394 g/mol. The van der Waals surface area contributed by atoms with Crippen molar-refractivity contribution in [1.29, 1.82) is 0 Å². The second-order valence-electron chi connectivity index (χ2n) is 8.66. The molecular weight excluding hydrogens is 357 g/mol. The number of ether oxygens (including phenoxy) is 1. The molecule has 28 heavy (non-hydrogen) atoms. The van der Waals surface area contributed by atoms with Crippen LogP contribution >= 0.6 is 0 Å². The maximum Gasteiger partial charge on any atom is 0.410 e. The topological polar surface area (TPSA) is 36.0 Å². The SMILES string of the molecule is [2H]C1([2H])CCN(Cc2ccccc2)CCN1C1CCN(C(=O)OC(C)(C)C)CC1F. The number of hydrogen-bond acceptors (Lipinski definition) is 4. The van der Waals surface area contributed by atoms with Gasteiger partial charge in [0.1, 0.15) is 11.8 Å². The molecule has 1 aromatic carbocycles. The van der Waals surface area contributed by atoms with Gasteiger partial charge in [-0.1, -0.05) is 30.3 Å². The van der Waals surface area contributed by atoms with Crippen molar-refractivity contribution in [1.82, 2.24) is 14.7 Å². The zero-order chi connectivity index (χ0) is 21.9. The molecule has 156 valence electrons. The first-order valence-electron chi connectivity index (χ1n) is 11.2. The highest BCUT2D eigenvalue weighted by atomic mass is 19.1. The molecular formula is C22H34FN3O2. The maximum absolute atomic E-state index is 15.1. The van der Waals surface area contributed by atoms with Crippen LogP contribution in [0.2, 0.25) is 0 Å². The van der Waals surface area contributed by atoms with Crippen molar-refractivity contribution in [2.75, 3.05) is 39.2 Å². The Hall–Kier alpha value is -1.66. The van der Waals surface area contributed by atoms with Crippen LogP contribution in [0.1, 0.15) is 41.9 Å². The van der Waals surface area contributed by atoms with Gasteiger partial charge >= 0.3 is 6.09 Å². The molecule has 0 bridgehead atoms. The van der Waals surface area contributed by atoms with E-state index in [0.717, 1.165) is 6.54 Å². The number of alkyl halides is 1. The minimum atomic E-state index is -1.57. The standard InChI is InChI=1S/C22H34FN3O2/c1-22(2,3)28-21(27)26-13-10-20(19(23)17-26)25-12-7-11-24(14-15-25)16-18-8-5-4-6-9-18/h4-6,8-9,19-20H,7,10-17H2,1-3H3/i12D2. The Morgan fingerprint density at radius 2 is 1.96 bits per heavy atom. The van der Waals surface area contributed by atoms with E-state index in [1.807, 2.05) is 18.2 Å². The molecule has 2 heterocycles. The number of likely N-dealkylation sites (tertiary alicyclic amines) is 1. The lowest BCUT2D eigenvalue weighted by atomic mass is 10.0. The number of hydrogen-bond donors (Lipinski definition) is 0. The number of benzene rings is 1. The highest BCUT2D eigenvalue weighted by molar-refractivity contribution is 5.68. The van der Waals surface area contributed by atoms with E-state index in [9.17, 15) is 4.79 Å². The van der Waals surface area contributed by atoms with Crippen LogP contribution in [0.25, 0.3) is 0 Å². The van der Waals surface area contributed by atoms with Crippen LogP contribution in [-0.4, -0.2) is 77.8 Å². The van der Waals surface area contributed by atoms with E-state index < -0.39 is 30.4 Å². The van der Waals surface area contributed by atoms with Crippen molar-refractivity contribution in [2.24, 2.45) is 0 Å². The van der Waals surface area contributed by atoms with Gasteiger partial charge in [-0.05, 0) is 52.2 Å². The fraction of sp³-hybridized carbons (Fsp3) is 0.682. The predicted molar refractivity (Wildman–Crippen MR) is 109 cm³/mol. The van der Waals surface area contributed by atoms with Crippen LogP contribution < -0.4 is 0 Å². The molecule has 1 aromatic rings. The van der Waals surface area contributed by atoms with Crippen molar-refractivity contribution < 1.29 is 16.7 Å². The number of piperidine rings is 1. The molecule has 2 saturated heterocycles. The fourth-order valence-electron chi connectivity index (χ4n) is 3.81. The Morgan fingerprint density at radius 1 is 1.21 bits per heavy atom. The Morgan fingerprint density at radius 3 is 2.64 bits per heavy atom. The van der Waals surface area contributed by atoms with Crippen molar-refractivity contribution >= 4 is 6.09 Å². The largest absolute Gasteiger partial charge is 0.444 e. The van der Waals surface area contributed by atoms with Gasteiger partial charge in [0.05, 0.1) is 6.54 Å². The van der Waals surface area contributed by atoms with E-state index in [-0.39, 0.29) is 6.54 Å². The van der Waals surface area contributed by atoms with Crippen molar-refractivity contribution in [3.05, 3.63) is 35.9 Å². The van der Waals surface area contributed by atoms with E-state index in [1.54, 1.807) is 25.7 Å². The summed E-state index contributed by atoms with van der Waals surface area (Å²) in [5, 5.41) is 0. The van der Waals surface area contributed by atoms with Gasteiger partial charge in [0.15, 0.2) is 0 Å². The van der Waals surface area contributed by atoms with Crippen molar-refractivity contribution in [3.63, 3.8) is 0 Å². The smallest absolute Gasteiger partial charge is 0.410 e. The van der Waals surface area contributed by atoms with Gasteiger partial charge in [-0.15, -0.1) is 0 Å². The number of nitrogens with zero attached hydrogens (tertiary/aromatic N) is 3. The molecule has 0 saturated carbocycles. The van der Waals surface area contributed by atoms with E-state index in [2.05, 4.69) is 17.0 Å². The van der Waals surface area contributed by atoms with Gasteiger partial charge < -0.3 is 9.64 Å². The Bertz CT molecular complexity index is 714. The highest BCUT2D eigenvalue weighted by Gasteiger charge is 2.37. The zero-order valence-corrected chi connectivity index (χ0v) is 17.2. The molecule has 2 aliphatic heterocycles. The normalized spacial score (nSPS) is 28.2. The Balaban J connectivity index is 1.61. The number of carbonyl (C=O) groups is 1. The molecule has 2 fully saturated rings. The van der Waals surface area contributed by atoms with Gasteiger partial charge in [0.2, 0.25) is 0 Å². The third-order valence-corrected chi connectivity index (χ3v) is 5.21. The zero-order valence-electron chi connectivity index (χ0n) is 19.2. The summed E-state index contributed by atoms with van der Waals surface area (Å²) in [6, 6.07) is 9.60. The number of carbonyl (C=O) groups excluding carboxylic acids is 1. The molecule has 2 atom stereocenters. The monoisotopic (exact) mass is 393 g/mol. The summed E-state index contributed by atoms with van der Waals surface area (Å²) in [5.41, 5.74) is 0.574. The average Bonchev–Trinajstić information content (AvgIpc) is 2.80. The first-order valence-corrected chi connectivity index (χ1v) is 10.2. The minimum absolute atomic E-state index is 0.0557. The van der Waals surface area contributed by atoms with Gasteiger partial charge in [-0.25, -0.2) is 9.18 Å². The molecule has 0 aliphatic carbocycles. The molecule has 6 heteroatoms. The van der Waals surface area contributed by atoms with Crippen LogP contribution in [0.5, 0.6) is 0 Å². The predicted octanol–water partition coefficient (Wildman–Crippen LogP) is 3.54. The van der Waals surface area contributed by atoms with Crippen LogP contribution in [0, 0.1) is 0 Å². The van der Waals surface area contributed by atoms with Gasteiger partial charge in [-0.3, -0.25) is 9.80 Å². The highest BCUT2D eigenvalue weighted by Crippen LogP contribution is 2.23. The van der Waals surface area contributed by atoms with E-state index in [4.69, 9.17) is 7.48 Å². The Labute approximate surface area is 171 Å². The fourth-order valence-corrected chi connectivity index (χ4v) is 3.81. The minimum Gasteiger partial charge on any atom is -0.444 e. The van der Waals surface area contributed by atoms with Crippen molar-refractivity contribution in [3.8, 4) is 0 Å². The van der Waals surface area contributed by atoms with E-state index >= 15 is 4.39 Å². The van der Waals surface area contributed by atoms with Gasteiger partial charge in [0.25, 0.3) is 0 Å². The number of halogens is 1. The van der Waals surface area contributed by atoms with Crippen LogP contribution in [-0.2, 0) is 11.3 Å². The van der Waals surface area contributed by atoms with Crippen LogP contribution in [0.4, 0.5) is 9.18 Å². The van der Waals surface area contributed by atoms with Crippen LogP contribution in [0.15, 0.2) is 30.3 Å². The Kier molecular flexibility index (Phi) is 6.05. The summed E-state index contributed by atoms with van der Waals surface area (Å²) in [6.07, 6.45) is -1.07. The third kappa shape index (κ3) is 5.92. The van der Waals surface area contributed by atoms with Gasteiger partial charge in [0, 0.05) is 35.0 Å². The first kappa shape index (κ1) is 18.4. The molecule has 2 aliphatic rings. The second kappa shape index (κ2) is 9.23. The third-order valence-electron chi connectivity index (χ3n) is 5.21. The molecule has 0 spiro atoms. The van der Waals surface area contributed by atoms with Crippen molar-refractivity contribution in [2.45, 2.75) is 58.0 Å². The lowest BCUT2D eigenvalue weighted by Crippen LogP contribution is -2.55. The number of amides is 1. The second-order valence-corrected chi connectivity index (χ2v) is 8.66. The quantitative estimate of drug-likeness (QED) is 0.787.